The van der Waals surface area contributed by atoms with Crippen LogP contribution in [0.2, 0.25) is 0 Å². The number of carbonyl (C=O) groups is 1. The minimum Gasteiger partial charge on any atom is -0.451 e. The third-order valence-corrected chi connectivity index (χ3v) is 6.68. The van der Waals surface area contributed by atoms with Gasteiger partial charge >= 0.3 is 0 Å². The molecular formula is C23H28N2O2S. The summed E-state index contributed by atoms with van der Waals surface area (Å²) in [6, 6.07) is 10.5. The van der Waals surface area contributed by atoms with E-state index in [9.17, 15) is 4.79 Å². The van der Waals surface area contributed by atoms with E-state index >= 15 is 0 Å². The van der Waals surface area contributed by atoms with Gasteiger partial charge in [-0.2, -0.15) is 0 Å². The largest absolute Gasteiger partial charge is 0.451 e. The maximum absolute atomic E-state index is 12.9. The van der Waals surface area contributed by atoms with Crippen LogP contribution in [0.4, 0.5) is 0 Å². The number of hydrogen-bond donors (Lipinski definition) is 1. The second-order valence-corrected chi connectivity index (χ2v) is 8.73. The first-order valence-corrected chi connectivity index (χ1v) is 11.1. The quantitative estimate of drug-likeness (QED) is 0.623. The number of hydrogen-bond acceptors (Lipinski definition) is 4. The van der Waals surface area contributed by atoms with Crippen molar-refractivity contribution in [1.82, 2.24) is 10.2 Å². The Kier molecular flexibility index (Phi) is 5.83. The first-order valence-electron chi connectivity index (χ1n) is 10.2. The molecule has 0 spiro atoms. The average Bonchev–Trinajstić information content (AvgIpc) is 3.23. The second kappa shape index (κ2) is 8.50. The Hall–Kier alpha value is -2.11. The molecule has 0 saturated carbocycles. The zero-order valence-corrected chi connectivity index (χ0v) is 17.5. The molecule has 4 nitrogen and oxygen atoms in total. The predicted octanol–water partition coefficient (Wildman–Crippen LogP) is 5.46. The number of likely N-dealkylation sites (tertiary alicyclic amines) is 1. The fourth-order valence-corrected chi connectivity index (χ4v) is 4.98. The first-order chi connectivity index (χ1) is 13.6. The third-order valence-electron chi connectivity index (χ3n) is 5.71. The lowest BCUT2D eigenvalue weighted by Crippen LogP contribution is -2.38. The minimum atomic E-state index is -0.122. The van der Waals surface area contributed by atoms with E-state index in [4.69, 9.17) is 4.42 Å². The summed E-state index contributed by atoms with van der Waals surface area (Å²) < 4.78 is 5.88. The number of aryl methyl sites for hydroxylation is 2. The lowest BCUT2D eigenvalue weighted by molar-refractivity contribution is 0.0907. The number of carbonyl (C=O) groups excluding carboxylic acids is 1. The van der Waals surface area contributed by atoms with Crippen LogP contribution in [0.3, 0.4) is 0 Å². The van der Waals surface area contributed by atoms with E-state index in [1.54, 1.807) is 11.3 Å². The van der Waals surface area contributed by atoms with Gasteiger partial charge in [0.1, 0.15) is 5.58 Å². The summed E-state index contributed by atoms with van der Waals surface area (Å²) in [7, 11) is 0. The molecule has 1 aromatic carbocycles. The molecule has 148 valence electrons. The van der Waals surface area contributed by atoms with Crippen molar-refractivity contribution in [1.29, 1.82) is 0 Å². The molecule has 28 heavy (non-hydrogen) atoms. The van der Waals surface area contributed by atoms with Crippen molar-refractivity contribution >= 4 is 28.2 Å². The van der Waals surface area contributed by atoms with E-state index in [0.717, 1.165) is 29.6 Å². The van der Waals surface area contributed by atoms with Gasteiger partial charge in [0.25, 0.3) is 5.91 Å². The van der Waals surface area contributed by atoms with Gasteiger partial charge < -0.3 is 9.73 Å². The number of thiophene rings is 1. The third kappa shape index (κ3) is 4.01. The highest BCUT2D eigenvalue weighted by Crippen LogP contribution is 2.29. The molecule has 1 fully saturated rings. The molecule has 1 saturated heterocycles. The Morgan fingerprint density at radius 3 is 2.68 bits per heavy atom. The molecule has 1 atom stereocenters. The van der Waals surface area contributed by atoms with Crippen molar-refractivity contribution in [3.05, 3.63) is 57.5 Å². The zero-order valence-electron chi connectivity index (χ0n) is 16.7. The van der Waals surface area contributed by atoms with Crippen molar-refractivity contribution in [3.63, 3.8) is 0 Å². The molecule has 1 aliphatic heterocycles. The normalized spacial score (nSPS) is 16.8. The van der Waals surface area contributed by atoms with Crippen molar-refractivity contribution in [2.24, 2.45) is 0 Å². The summed E-state index contributed by atoms with van der Waals surface area (Å²) >= 11 is 1.77. The van der Waals surface area contributed by atoms with Gasteiger partial charge in [0.15, 0.2) is 5.76 Å². The van der Waals surface area contributed by atoms with Crippen LogP contribution in [-0.2, 0) is 0 Å². The molecule has 3 aromatic rings. The van der Waals surface area contributed by atoms with Crippen LogP contribution in [0.5, 0.6) is 0 Å². The van der Waals surface area contributed by atoms with E-state index in [2.05, 4.69) is 40.7 Å². The van der Waals surface area contributed by atoms with Crippen LogP contribution in [0.1, 0.15) is 58.3 Å². The number of nitrogens with one attached hydrogen (secondary N) is 1. The van der Waals surface area contributed by atoms with Crippen LogP contribution in [-0.4, -0.2) is 30.4 Å². The Balaban J connectivity index is 1.52. The Morgan fingerprint density at radius 1 is 1.18 bits per heavy atom. The molecule has 1 N–H and O–H groups in total. The van der Waals surface area contributed by atoms with E-state index in [-0.39, 0.29) is 11.9 Å². The summed E-state index contributed by atoms with van der Waals surface area (Å²) in [4.78, 5) is 16.8. The maximum atomic E-state index is 12.9. The van der Waals surface area contributed by atoms with Crippen LogP contribution in [0, 0.1) is 13.8 Å². The highest BCUT2D eigenvalue weighted by Gasteiger charge is 2.24. The summed E-state index contributed by atoms with van der Waals surface area (Å²) in [6.07, 6.45) is 5.07. The summed E-state index contributed by atoms with van der Waals surface area (Å²) in [5, 5.41) is 6.29. The van der Waals surface area contributed by atoms with E-state index in [1.165, 1.54) is 36.1 Å². The number of amides is 1. The topological polar surface area (TPSA) is 45.5 Å². The van der Waals surface area contributed by atoms with Gasteiger partial charge in [-0.3, -0.25) is 9.69 Å². The molecule has 0 aliphatic carbocycles. The molecule has 0 radical (unpaired) electrons. The molecule has 5 heteroatoms. The van der Waals surface area contributed by atoms with Gasteiger partial charge in [-0.05, 0) is 63.4 Å². The number of benzene rings is 1. The fourth-order valence-electron chi connectivity index (χ4n) is 4.12. The second-order valence-electron chi connectivity index (χ2n) is 7.75. The SMILES string of the molecule is Cc1ccc2oc(C(=O)NC[C@H](c3cccs3)N3CCCCCC3)c(C)c2c1. The molecule has 4 rings (SSSR count). The standard InChI is InChI=1S/C23H28N2O2S/c1-16-9-10-20-18(14-16)17(2)22(27-20)23(26)24-15-19(21-8-7-13-28-21)25-11-5-3-4-6-12-25/h7-10,13-14,19H,3-6,11-12,15H2,1-2H3,(H,24,26)/t19-/m1/s1. The van der Waals surface area contributed by atoms with Crippen LogP contribution in [0.25, 0.3) is 11.0 Å². The van der Waals surface area contributed by atoms with Crippen molar-refractivity contribution in [3.8, 4) is 0 Å². The van der Waals surface area contributed by atoms with Gasteiger partial charge in [-0.15, -0.1) is 11.3 Å². The summed E-state index contributed by atoms with van der Waals surface area (Å²) in [5.74, 6) is 0.309. The molecular weight excluding hydrogens is 368 g/mol. The molecule has 1 aliphatic rings. The van der Waals surface area contributed by atoms with Crippen molar-refractivity contribution in [2.75, 3.05) is 19.6 Å². The maximum Gasteiger partial charge on any atom is 0.287 e. The van der Waals surface area contributed by atoms with E-state index < -0.39 is 0 Å². The lowest BCUT2D eigenvalue weighted by Gasteiger charge is -2.30. The lowest BCUT2D eigenvalue weighted by atomic mass is 10.1. The smallest absolute Gasteiger partial charge is 0.287 e. The predicted molar refractivity (Wildman–Crippen MR) is 115 cm³/mol. The van der Waals surface area contributed by atoms with Crippen molar-refractivity contribution < 1.29 is 9.21 Å². The highest BCUT2D eigenvalue weighted by atomic mass is 32.1. The average molecular weight is 397 g/mol. The Labute approximate surface area is 170 Å². The highest BCUT2D eigenvalue weighted by molar-refractivity contribution is 7.10. The van der Waals surface area contributed by atoms with Gasteiger partial charge in [-0.1, -0.05) is 30.5 Å². The zero-order chi connectivity index (χ0) is 19.5. The van der Waals surface area contributed by atoms with E-state index in [1.807, 2.05) is 19.1 Å². The van der Waals surface area contributed by atoms with Crippen LogP contribution in [0.15, 0.2) is 40.1 Å². The Bertz CT molecular complexity index is 937. The molecule has 3 heterocycles. The summed E-state index contributed by atoms with van der Waals surface area (Å²) in [6.45, 7) is 6.82. The van der Waals surface area contributed by atoms with E-state index in [0.29, 0.717) is 12.3 Å². The number of rotatable bonds is 5. The first kappa shape index (κ1) is 19.2. The summed E-state index contributed by atoms with van der Waals surface area (Å²) in [5.41, 5.74) is 2.86. The van der Waals surface area contributed by atoms with Gasteiger partial charge in [0.05, 0.1) is 6.04 Å². The molecule has 0 bridgehead atoms. The minimum absolute atomic E-state index is 0.122. The van der Waals surface area contributed by atoms with Gasteiger partial charge in [0, 0.05) is 22.4 Å². The number of fused-ring (bicyclic) bond motifs is 1. The monoisotopic (exact) mass is 396 g/mol. The van der Waals surface area contributed by atoms with Crippen LogP contribution < -0.4 is 5.32 Å². The fraction of sp³-hybridized carbons (Fsp3) is 0.435. The number of furan rings is 1. The van der Waals surface area contributed by atoms with Gasteiger partial charge in [0.2, 0.25) is 0 Å². The molecule has 1 amide bonds. The number of nitrogens with zero attached hydrogens (tertiary/aromatic N) is 1. The van der Waals surface area contributed by atoms with Crippen LogP contribution >= 0.6 is 11.3 Å². The Morgan fingerprint density at radius 2 is 1.96 bits per heavy atom. The van der Waals surface area contributed by atoms with Gasteiger partial charge in [-0.25, -0.2) is 0 Å². The van der Waals surface area contributed by atoms with Crippen molar-refractivity contribution in [2.45, 2.75) is 45.6 Å². The molecule has 2 aromatic heterocycles. The molecule has 0 unspecified atom stereocenters.